The number of rotatable bonds is 31. The number of carbonyl (C=O) groups is 1. The molecule has 1 aromatic rings. The van der Waals surface area contributed by atoms with Crippen LogP contribution in [0.1, 0.15) is 159 Å². The van der Waals surface area contributed by atoms with Gasteiger partial charge in [0.05, 0.1) is 19.8 Å². The molecule has 0 heterocycles. The lowest BCUT2D eigenvalue weighted by molar-refractivity contribution is -0.225. The van der Waals surface area contributed by atoms with Gasteiger partial charge in [-0.1, -0.05) is 115 Å². The van der Waals surface area contributed by atoms with E-state index < -0.39 is 7.82 Å². The normalized spacial score (nSPS) is 13.0. The molecule has 6 nitrogen and oxygen atoms in total. The molecule has 1 aromatic carbocycles. The maximum Gasteiger partial charge on any atom is 0.267 e. The first kappa shape index (κ1) is 38.6. The van der Waals surface area contributed by atoms with Crippen LogP contribution in [0.2, 0.25) is 0 Å². The number of phosphoric ester groups is 1. The molecular weight excluding hydrogens is 547 g/mol. The summed E-state index contributed by atoms with van der Waals surface area (Å²) in [5, 5.41) is 0. The summed E-state index contributed by atoms with van der Waals surface area (Å²) in [7, 11) is -4.17. The minimum absolute atomic E-state index is 0.208. The SMILES string of the molecule is CCCCCCCC/C=C\CCCCCCCCOP(=O)([O-])OCCCCCCCCCCOc1ccc(C=O)cc1. The number of benzene rings is 1. The molecule has 0 bridgehead atoms. The Kier molecular flexibility index (Phi) is 26.0. The minimum Gasteiger partial charge on any atom is -0.756 e. The molecule has 0 aliphatic heterocycles. The first-order valence-corrected chi connectivity index (χ1v) is 18.5. The van der Waals surface area contributed by atoms with E-state index in [0.717, 1.165) is 69.8 Å². The third-order valence-electron chi connectivity index (χ3n) is 7.48. The Morgan fingerprint density at radius 2 is 1.00 bits per heavy atom. The molecule has 0 saturated heterocycles. The molecule has 1 rings (SSSR count). The number of allylic oxidation sites excluding steroid dienone is 2. The molecule has 1 atom stereocenters. The van der Waals surface area contributed by atoms with E-state index in [4.69, 9.17) is 13.8 Å². The third-order valence-corrected chi connectivity index (χ3v) is 8.48. The van der Waals surface area contributed by atoms with Crippen LogP contribution in [0.15, 0.2) is 36.4 Å². The van der Waals surface area contributed by atoms with Gasteiger partial charge in [-0.3, -0.25) is 9.36 Å². The highest BCUT2D eigenvalue weighted by Gasteiger charge is 2.08. The summed E-state index contributed by atoms with van der Waals surface area (Å²) in [6.45, 7) is 3.38. The molecule has 0 amide bonds. The zero-order chi connectivity index (χ0) is 30.4. The summed E-state index contributed by atoms with van der Waals surface area (Å²) in [6.07, 6.45) is 31.1. The van der Waals surface area contributed by atoms with Crippen LogP contribution in [0, 0.1) is 0 Å². The van der Waals surface area contributed by atoms with E-state index in [9.17, 15) is 14.3 Å². The van der Waals surface area contributed by atoms with E-state index in [2.05, 4.69) is 19.1 Å². The Hall–Kier alpha value is -1.46. The van der Waals surface area contributed by atoms with Gasteiger partial charge >= 0.3 is 0 Å². The molecule has 0 aliphatic rings. The number of phosphoric acid groups is 1. The molecule has 42 heavy (non-hydrogen) atoms. The zero-order valence-corrected chi connectivity index (χ0v) is 27.5. The second kappa shape index (κ2) is 28.3. The van der Waals surface area contributed by atoms with Crippen LogP contribution in [0.3, 0.4) is 0 Å². The number of aldehydes is 1. The van der Waals surface area contributed by atoms with Gasteiger partial charge in [0.2, 0.25) is 0 Å². The van der Waals surface area contributed by atoms with Gasteiger partial charge in [0.15, 0.2) is 0 Å². The van der Waals surface area contributed by atoms with Crippen molar-refractivity contribution in [1.82, 2.24) is 0 Å². The van der Waals surface area contributed by atoms with Crippen LogP contribution >= 0.6 is 7.82 Å². The van der Waals surface area contributed by atoms with E-state index in [-0.39, 0.29) is 13.2 Å². The smallest absolute Gasteiger partial charge is 0.267 e. The molecular formula is C35H60O6P-. The first-order valence-electron chi connectivity index (χ1n) is 17.0. The maximum absolute atomic E-state index is 11.9. The Morgan fingerprint density at radius 3 is 1.45 bits per heavy atom. The summed E-state index contributed by atoms with van der Waals surface area (Å²) >= 11 is 0. The average Bonchev–Trinajstić information content (AvgIpc) is 2.99. The number of carbonyl (C=O) groups excluding carboxylic acids is 1. The molecule has 0 spiro atoms. The number of hydrogen-bond donors (Lipinski definition) is 0. The fraction of sp³-hybridized carbons (Fsp3) is 0.743. The summed E-state index contributed by atoms with van der Waals surface area (Å²) < 4.78 is 27.7. The van der Waals surface area contributed by atoms with E-state index in [1.54, 1.807) is 12.1 Å². The lowest BCUT2D eigenvalue weighted by Crippen LogP contribution is -2.10. The van der Waals surface area contributed by atoms with Crippen molar-refractivity contribution >= 4 is 14.1 Å². The summed E-state index contributed by atoms with van der Waals surface area (Å²) in [5.74, 6) is 0.800. The number of unbranched alkanes of at least 4 members (excludes halogenated alkanes) is 19. The molecule has 242 valence electrons. The molecule has 0 aromatic heterocycles. The average molecular weight is 608 g/mol. The second-order valence-electron chi connectivity index (χ2n) is 11.4. The Balaban J connectivity index is 1.80. The van der Waals surface area contributed by atoms with Crippen LogP contribution < -0.4 is 9.63 Å². The van der Waals surface area contributed by atoms with Crippen LogP contribution in [0.5, 0.6) is 5.75 Å². The van der Waals surface area contributed by atoms with Gasteiger partial charge in [-0.25, -0.2) is 0 Å². The lowest BCUT2D eigenvalue weighted by Gasteiger charge is -2.22. The van der Waals surface area contributed by atoms with Crippen LogP contribution in [-0.4, -0.2) is 26.1 Å². The monoisotopic (exact) mass is 607 g/mol. The van der Waals surface area contributed by atoms with Gasteiger partial charge in [-0.05, 0) is 69.2 Å². The highest BCUT2D eigenvalue weighted by atomic mass is 31.2. The fourth-order valence-electron chi connectivity index (χ4n) is 4.84. The number of ether oxygens (including phenoxy) is 1. The highest BCUT2D eigenvalue weighted by molar-refractivity contribution is 7.45. The topological polar surface area (TPSA) is 84.9 Å². The van der Waals surface area contributed by atoms with Crippen molar-refractivity contribution in [3.05, 3.63) is 42.0 Å². The molecule has 0 saturated carbocycles. The van der Waals surface area contributed by atoms with Gasteiger partial charge in [0.1, 0.15) is 12.0 Å². The maximum atomic E-state index is 11.9. The van der Waals surface area contributed by atoms with E-state index in [1.165, 1.54) is 83.5 Å². The standard InChI is InChI=1S/C35H61O6P/c1-2-3-4-5-6-7-8-9-10-11-12-13-14-18-21-24-31-40-42(37,38)41-32-25-22-19-16-15-17-20-23-30-39-35-28-26-34(33-36)27-29-35/h9-10,26-29,33H,2-8,11-25,30-32H2,1H3,(H,37,38)/p-1/b10-9-. The number of hydrogen-bond acceptors (Lipinski definition) is 6. The van der Waals surface area contributed by atoms with Crippen LogP contribution in [0.25, 0.3) is 0 Å². The lowest BCUT2D eigenvalue weighted by atomic mass is 10.1. The first-order chi connectivity index (χ1) is 20.6. The van der Waals surface area contributed by atoms with Gasteiger partial charge in [-0.2, -0.15) is 0 Å². The largest absolute Gasteiger partial charge is 0.756 e. The van der Waals surface area contributed by atoms with Crippen molar-refractivity contribution in [3.8, 4) is 5.75 Å². The summed E-state index contributed by atoms with van der Waals surface area (Å²) in [5.41, 5.74) is 0.656. The van der Waals surface area contributed by atoms with E-state index >= 15 is 0 Å². The quantitative estimate of drug-likeness (QED) is 0.0361. The summed E-state index contributed by atoms with van der Waals surface area (Å²) in [4.78, 5) is 22.6. The van der Waals surface area contributed by atoms with Crippen molar-refractivity contribution in [1.29, 1.82) is 0 Å². The predicted octanol–water partition coefficient (Wildman–Crippen LogP) is 10.5. The Bertz CT molecular complexity index is 810. The van der Waals surface area contributed by atoms with E-state index in [1.807, 2.05) is 12.1 Å². The van der Waals surface area contributed by atoms with Gasteiger partial charge in [0.25, 0.3) is 7.82 Å². The van der Waals surface area contributed by atoms with Gasteiger partial charge in [0, 0.05) is 5.56 Å². The third kappa shape index (κ3) is 25.1. The Labute approximate surface area is 257 Å². The molecule has 0 radical (unpaired) electrons. The van der Waals surface area contributed by atoms with Crippen molar-refractivity contribution in [3.63, 3.8) is 0 Å². The molecule has 0 N–H and O–H groups in total. The van der Waals surface area contributed by atoms with Crippen molar-refractivity contribution < 1.29 is 28.0 Å². The van der Waals surface area contributed by atoms with Crippen molar-refractivity contribution in [2.45, 2.75) is 148 Å². The summed E-state index contributed by atoms with van der Waals surface area (Å²) in [6, 6.07) is 7.17. The van der Waals surface area contributed by atoms with Gasteiger partial charge < -0.3 is 18.7 Å². The fourth-order valence-corrected chi connectivity index (χ4v) is 5.62. The minimum atomic E-state index is -4.17. The van der Waals surface area contributed by atoms with Crippen LogP contribution in [-0.2, 0) is 13.6 Å². The second-order valence-corrected chi connectivity index (χ2v) is 12.8. The molecule has 0 aliphatic carbocycles. The molecule has 1 unspecified atom stereocenters. The van der Waals surface area contributed by atoms with Crippen LogP contribution in [0.4, 0.5) is 0 Å². The molecule has 0 fully saturated rings. The van der Waals surface area contributed by atoms with Gasteiger partial charge in [-0.15, -0.1) is 0 Å². The molecule has 7 heteroatoms. The zero-order valence-electron chi connectivity index (χ0n) is 26.6. The Morgan fingerprint density at radius 1 is 0.595 bits per heavy atom. The predicted molar refractivity (Wildman–Crippen MR) is 173 cm³/mol. The highest BCUT2D eigenvalue weighted by Crippen LogP contribution is 2.38. The van der Waals surface area contributed by atoms with Crippen molar-refractivity contribution in [2.24, 2.45) is 0 Å². The van der Waals surface area contributed by atoms with Crippen molar-refractivity contribution in [2.75, 3.05) is 19.8 Å². The van der Waals surface area contributed by atoms with E-state index in [0.29, 0.717) is 12.2 Å².